The van der Waals surface area contributed by atoms with Gasteiger partial charge in [-0.1, -0.05) is 12.1 Å². The van der Waals surface area contributed by atoms with Crippen LogP contribution in [0.1, 0.15) is 5.56 Å². The van der Waals surface area contributed by atoms with E-state index in [9.17, 15) is 0 Å². The summed E-state index contributed by atoms with van der Waals surface area (Å²) in [5, 5.41) is 0. The predicted octanol–water partition coefficient (Wildman–Crippen LogP) is 1.15. The predicted molar refractivity (Wildman–Crippen MR) is 57.9 cm³/mol. The molecule has 1 heterocycles. The molecule has 2 N–H and O–H groups in total. The molecular formula is C11H16N2O. The van der Waals surface area contributed by atoms with E-state index in [0.29, 0.717) is 19.2 Å². The molecule has 3 heteroatoms. The number of benzene rings is 1. The molecule has 1 unspecified atom stereocenters. The first kappa shape index (κ1) is 9.34. The number of aryl methyl sites for hydroxylation is 1. The van der Waals surface area contributed by atoms with Gasteiger partial charge in [0.1, 0.15) is 12.4 Å². The molecule has 1 aromatic carbocycles. The molecule has 0 spiro atoms. The van der Waals surface area contributed by atoms with Crippen LogP contribution >= 0.6 is 0 Å². The molecule has 0 aliphatic carbocycles. The Morgan fingerprint density at radius 1 is 1.57 bits per heavy atom. The number of hydrogen-bond donors (Lipinski definition) is 1. The van der Waals surface area contributed by atoms with Gasteiger partial charge in [-0.2, -0.15) is 0 Å². The van der Waals surface area contributed by atoms with Crippen molar-refractivity contribution in [1.29, 1.82) is 0 Å². The molecular weight excluding hydrogens is 176 g/mol. The molecule has 2 rings (SSSR count). The highest BCUT2D eigenvalue weighted by Crippen LogP contribution is 2.35. The lowest BCUT2D eigenvalue weighted by atomic mass is 10.1. The van der Waals surface area contributed by atoms with Gasteiger partial charge < -0.3 is 15.4 Å². The van der Waals surface area contributed by atoms with E-state index in [4.69, 9.17) is 10.5 Å². The fraction of sp³-hybridized carbons (Fsp3) is 0.455. The lowest BCUT2D eigenvalue weighted by Crippen LogP contribution is -2.45. The van der Waals surface area contributed by atoms with Gasteiger partial charge in [0.15, 0.2) is 0 Å². The maximum atomic E-state index is 5.68. The van der Waals surface area contributed by atoms with E-state index in [1.807, 2.05) is 12.1 Å². The smallest absolute Gasteiger partial charge is 0.142 e. The molecule has 14 heavy (non-hydrogen) atoms. The van der Waals surface area contributed by atoms with Crippen LogP contribution in [0.2, 0.25) is 0 Å². The van der Waals surface area contributed by atoms with Gasteiger partial charge in [-0.05, 0) is 18.6 Å². The summed E-state index contributed by atoms with van der Waals surface area (Å²) in [5.74, 6) is 0.970. The minimum atomic E-state index is 0.295. The third-order valence-electron chi connectivity index (χ3n) is 2.80. The Hall–Kier alpha value is -1.22. The SMILES string of the molecule is Cc1cccc2c1N(C)C(CN)CO2. The van der Waals surface area contributed by atoms with Gasteiger partial charge in [0.25, 0.3) is 0 Å². The van der Waals surface area contributed by atoms with E-state index >= 15 is 0 Å². The largest absolute Gasteiger partial charge is 0.489 e. The van der Waals surface area contributed by atoms with Gasteiger partial charge in [0.2, 0.25) is 0 Å². The summed E-state index contributed by atoms with van der Waals surface area (Å²) in [6.45, 7) is 3.41. The fourth-order valence-corrected chi connectivity index (χ4v) is 1.91. The van der Waals surface area contributed by atoms with Crippen LogP contribution in [-0.2, 0) is 0 Å². The van der Waals surface area contributed by atoms with Crippen LogP contribution in [0.4, 0.5) is 5.69 Å². The monoisotopic (exact) mass is 192 g/mol. The normalized spacial score (nSPS) is 20.2. The third kappa shape index (κ3) is 1.34. The molecule has 1 aromatic rings. The van der Waals surface area contributed by atoms with Crippen molar-refractivity contribution in [2.75, 3.05) is 25.1 Å². The Labute approximate surface area is 84.5 Å². The number of para-hydroxylation sites is 1. The second-order valence-corrected chi connectivity index (χ2v) is 3.73. The molecule has 3 nitrogen and oxygen atoms in total. The highest BCUT2D eigenvalue weighted by molar-refractivity contribution is 5.65. The Bertz CT molecular complexity index is 338. The number of nitrogens with two attached hydrogens (primary N) is 1. The van der Waals surface area contributed by atoms with Crippen LogP contribution in [-0.4, -0.2) is 26.2 Å². The third-order valence-corrected chi connectivity index (χ3v) is 2.80. The Morgan fingerprint density at radius 2 is 2.36 bits per heavy atom. The average Bonchev–Trinajstić information content (AvgIpc) is 2.18. The molecule has 0 fully saturated rings. The van der Waals surface area contributed by atoms with E-state index in [2.05, 4.69) is 24.9 Å². The molecule has 76 valence electrons. The van der Waals surface area contributed by atoms with E-state index < -0.39 is 0 Å². The van der Waals surface area contributed by atoms with E-state index in [-0.39, 0.29) is 0 Å². The van der Waals surface area contributed by atoms with Crippen molar-refractivity contribution in [2.45, 2.75) is 13.0 Å². The molecule has 1 aliphatic rings. The summed E-state index contributed by atoms with van der Waals surface area (Å²) in [5.41, 5.74) is 8.09. The lowest BCUT2D eigenvalue weighted by molar-refractivity contribution is 0.269. The van der Waals surface area contributed by atoms with E-state index in [0.717, 1.165) is 5.75 Å². The standard InChI is InChI=1S/C11H16N2O/c1-8-4-3-5-10-11(8)13(2)9(6-12)7-14-10/h3-5,9H,6-7,12H2,1-2H3. The van der Waals surface area contributed by atoms with Gasteiger partial charge in [-0.25, -0.2) is 0 Å². The van der Waals surface area contributed by atoms with Crippen molar-refractivity contribution < 1.29 is 4.74 Å². The van der Waals surface area contributed by atoms with Gasteiger partial charge in [0, 0.05) is 13.6 Å². The Morgan fingerprint density at radius 3 is 3.07 bits per heavy atom. The second kappa shape index (κ2) is 3.50. The van der Waals surface area contributed by atoms with Crippen LogP contribution in [0.3, 0.4) is 0 Å². The summed E-state index contributed by atoms with van der Waals surface area (Å²) < 4.78 is 5.66. The van der Waals surface area contributed by atoms with Gasteiger partial charge in [-0.15, -0.1) is 0 Å². The van der Waals surface area contributed by atoms with Crippen LogP contribution in [0.15, 0.2) is 18.2 Å². The number of anilines is 1. The number of likely N-dealkylation sites (N-methyl/N-ethyl adjacent to an activating group) is 1. The summed E-state index contributed by atoms with van der Waals surface area (Å²) >= 11 is 0. The topological polar surface area (TPSA) is 38.5 Å². The summed E-state index contributed by atoms with van der Waals surface area (Å²) in [6.07, 6.45) is 0. The number of nitrogens with zero attached hydrogens (tertiary/aromatic N) is 1. The van der Waals surface area contributed by atoms with Gasteiger partial charge in [-0.3, -0.25) is 0 Å². The quantitative estimate of drug-likeness (QED) is 0.725. The lowest BCUT2D eigenvalue weighted by Gasteiger charge is -2.36. The maximum absolute atomic E-state index is 5.68. The molecule has 0 aromatic heterocycles. The highest BCUT2D eigenvalue weighted by atomic mass is 16.5. The first-order valence-corrected chi connectivity index (χ1v) is 4.89. The van der Waals surface area contributed by atoms with Crippen LogP contribution in [0, 0.1) is 6.92 Å². The summed E-state index contributed by atoms with van der Waals surface area (Å²) in [6, 6.07) is 6.41. The fourth-order valence-electron chi connectivity index (χ4n) is 1.91. The zero-order chi connectivity index (χ0) is 10.1. The Kier molecular flexibility index (Phi) is 2.33. The Balaban J connectivity index is 2.43. The van der Waals surface area contributed by atoms with Crippen molar-refractivity contribution in [1.82, 2.24) is 0 Å². The van der Waals surface area contributed by atoms with E-state index in [1.165, 1.54) is 11.3 Å². The van der Waals surface area contributed by atoms with Crippen molar-refractivity contribution in [3.05, 3.63) is 23.8 Å². The molecule has 0 saturated carbocycles. The van der Waals surface area contributed by atoms with Crippen molar-refractivity contribution in [3.8, 4) is 5.75 Å². The molecule has 1 aliphatic heterocycles. The molecule has 0 saturated heterocycles. The number of hydrogen-bond acceptors (Lipinski definition) is 3. The van der Waals surface area contributed by atoms with Crippen LogP contribution < -0.4 is 15.4 Å². The molecule has 0 bridgehead atoms. The minimum Gasteiger partial charge on any atom is -0.489 e. The molecule has 1 atom stereocenters. The van der Waals surface area contributed by atoms with E-state index in [1.54, 1.807) is 0 Å². The van der Waals surface area contributed by atoms with Crippen molar-refractivity contribution in [2.24, 2.45) is 5.73 Å². The minimum absolute atomic E-state index is 0.295. The first-order chi connectivity index (χ1) is 6.74. The summed E-state index contributed by atoms with van der Waals surface area (Å²) in [7, 11) is 2.08. The van der Waals surface area contributed by atoms with Gasteiger partial charge >= 0.3 is 0 Å². The molecule has 0 radical (unpaired) electrons. The van der Waals surface area contributed by atoms with Crippen LogP contribution in [0.25, 0.3) is 0 Å². The van der Waals surface area contributed by atoms with Crippen LogP contribution in [0.5, 0.6) is 5.75 Å². The number of ether oxygens (including phenoxy) is 1. The van der Waals surface area contributed by atoms with Crippen molar-refractivity contribution >= 4 is 5.69 Å². The molecule has 0 amide bonds. The zero-order valence-corrected chi connectivity index (χ0v) is 8.66. The first-order valence-electron chi connectivity index (χ1n) is 4.89. The zero-order valence-electron chi connectivity index (χ0n) is 8.66. The maximum Gasteiger partial charge on any atom is 0.142 e. The average molecular weight is 192 g/mol. The second-order valence-electron chi connectivity index (χ2n) is 3.73. The highest BCUT2D eigenvalue weighted by Gasteiger charge is 2.24. The number of fused-ring (bicyclic) bond motifs is 1. The van der Waals surface area contributed by atoms with Crippen molar-refractivity contribution in [3.63, 3.8) is 0 Å². The van der Waals surface area contributed by atoms with Gasteiger partial charge in [0.05, 0.1) is 11.7 Å². The summed E-state index contributed by atoms with van der Waals surface area (Å²) in [4.78, 5) is 2.22. The number of rotatable bonds is 1.